The van der Waals surface area contributed by atoms with Crippen LogP contribution in [0.5, 0.6) is 0 Å². The molecule has 0 atom stereocenters. The molecule has 8 nitrogen and oxygen atoms in total. The highest BCUT2D eigenvalue weighted by atomic mass is 16.5. The molecule has 0 radical (unpaired) electrons. The van der Waals surface area contributed by atoms with Gasteiger partial charge in [-0.05, 0) is 17.5 Å². The van der Waals surface area contributed by atoms with E-state index in [2.05, 4.69) is 4.98 Å². The summed E-state index contributed by atoms with van der Waals surface area (Å²) >= 11 is 0. The first kappa shape index (κ1) is 22.0. The van der Waals surface area contributed by atoms with Crippen molar-refractivity contribution in [3.8, 4) is 0 Å². The topological polar surface area (TPSA) is 110 Å². The largest absolute Gasteiger partial charge is 0.383 e. The zero-order chi connectivity index (χ0) is 22.2. The van der Waals surface area contributed by atoms with Crippen LogP contribution in [0.4, 0.5) is 11.5 Å². The fraction of sp³-hybridized carbons (Fsp3) is 0.261. The zero-order valence-corrected chi connectivity index (χ0v) is 17.4. The Labute approximate surface area is 179 Å². The molecule has 3 rings (SSSR count). The third-order valence-electron chi connectivity index (χ3n) is 4.96. The van der Waals surface area contributed by atoms with Crippen molar-refractivity contribution in [2.24, 2.45) is 0 Å². The maximum absolute atomic E-state index is 13.1. The molecule has 1 aromatic heterocycles. The number of aromatic nitrogens is 2. The molecule has 1 amide bonds. The van der Waals surface area contributed by atoms with Crippen molar-refractivity contribution in [1.29, 1.82) is 0 Å². The fourth-order valence-corrected chi connectivity index (χ4v) is 3.34. The first-order valence-corrected chi connectivity index (χ1v) is 10.0. The van der Waals surface area contributed by atoms with Crippen LogP contribution in [0, 0.1) is 0 Å². The number of carbonyl (C=O) groups excluding carboxylic acids is 1. The van der Waals surface area contributed by atoms with Crippen molar-refractivity contribution < 1.29 is 9.53 Å². The Morgan fingerprint density at radius 2 is 1.65 bits per heavy atom. The third-order valence-corrected chi connectivity index (χ3v) is 4.96. The van der Waals surface area contributed by atoms with Gasteiger partial charge in [0.05, 0.1) is 13.2 Å². The fourth-order valence-electron chi connectivity index (χ4n) is 3.34. The van der Waals surface area contributed by atoms with Gasteiger partial charge in [-0.1, -0.05) is 60.7 Å². The monoisotopic (exact) mass is 422 g/mol. The number of carbonyl (C=O) groups is 1. The van der Waals surface area contributed by atoms with E-state index in [0.717, 1.165) is 11.1 Å². The summed E-state index contributed by atoms with van der Waals surface area (Å²) in [6, 6.07) is 18.9. The molecule has 8 heteroatoms. The Kier molecular flexibility index (Phi) is 7.40. The van der Waals surface area contributed by atoms with Gasteiger partial charge < -0.3 is 15.4 Å². The molecule has 0 aliphatic heterocycles. The lowest BCUT2D eigenvalue weighted by atomic mass is 10.1. The van der Waals surface area contributed by atoms with Crippen LogP contribution in [0.25, 0.3) is 0 Å². The molecule has 1 heterocycles. The zero-order valence-electron chi connectivity index (χ0n) is 17.4. The van der Waals surface area contributed by atoms with Crippen molar-refractivity contribution >= 4 is 17.4 Å². The summed E-state index contributed by atoms with van der Waals surface area (Å²) in [5.74, 6) is -0.329. The van der Waals surface area contributed by atoms with Crippen LogP contribution in [0.2, 0.25) is 0 Å². The lowest BCUT2D eigenvalue weighted by Gasteiger charge is -2.24. The van der Waals surface area contributed by atoms with Gasteiger partial charge in [0.2, 0.25) is 5.91 Å². The number of nitrogens with zero attached hydrogens (tertiary/aromatic N) is 2. The van der Waals surface area contributed by atoms with E-state index in [1.165, 1.54) is 16.6 Å². The number of aryl methyl sites for hydroxylation is 1. The first-order valence-electron chi connectivity index (χ1n) is 10.0. The van der Waals surface area contributed by atoms with E-state index < -0.39 is 11.2 Å². The molecule has 0 fully saturated rings. The third kappa shape index (κ3) is 5.49. The van der Waals surface area contributed by atoms with E-state index >= 15 is 0 Å². The molecule has 3 N–H and O–H groups in total. The summed E-state index contributed by atoms with van der Waals surface area (Å²) in [6.45, 7) is 0.528. The second-order valence-electron chi connectivity index (χ2n) is 7.09. The summed E-state index contributed by atoms with van der Waals surface area (Å²) in [6.07, 6.45) is 0.703. The second kappa shape index (κ2) is 10.4. The molecule has 31 heavy (non-hydrogen) atoms. The Bertz CT molecular complexity index is 1120. The van der Waals surface area contributed by atoms with E-state index in [0.29, 0.717) is 6.42 Å². The molecule has 0 aliphatic carbocycles. The highest BCUT2D eigenvalue weighted by molar-refractivity contribution is 5.95. The lowest BCUT2D eigenvalue weighted by molar-refractivity contribution is -0.118. The summed E-state index contributed by atoms with van der Waals surface area (Å²) < 4.78 is 6.38. The summed E-state index contributed by atoms with van der Waals surface area (Å²) in [4.78, 5) is 41.8. The number of nitrogen functional groups attached to an aromatic ring is 1. The number of ether oxygens (including phenoxy) is 1. The standard InChI is InChI=1S/C23H26N4O4/c1-31-15-14-26(19(28)13-12-17-8-4-2-5-9-17)20-21(24)27(23(30)25-22(20)29)16-18-10-6-3-7-11-18/h2-11H,12-16,24H2,1H3,(H,25,29,30). The highest BCUT2D eigenvalue weighted by Gasteiger charge is 2.24. The number of nitrogens with two attached hydrogens (primary N) is 1. The number of hydrogen-bond acceptors (Lipinski definition) is 5. The Morgan fingerprint density at radius 1 is 1.03 bits per heavy atom. The Hall–Kier alpha value is -3.65. The van der Waals surface area contributed by atoms with Crippen molar-refractivity contribution in [2.75, 3.05) is 30.9 Å². The SMILES string of the molecule is COCCN(C(=O)CCc1ccccc1)c1c(N)n(Cc2ccccc2)c(=O)[nH]c1=O. The number of anilines is 2. The maximum atomic E-state index is 13.1. The summed E-state index contributed by atoms with van der Waals surface area (Å²) in [7, 11) is 1.51. The summed E-state index contributed by atoms with van der Waals surface area (Å²) in [5.41, 5.74) is 6.75. The molecule has 3 aromatic rings. The van der Waals surface area contributed by atoms with E-state index in [1.807, 2.05) is 60.7 Å². The van der Waals surface area contributed by atoms with Gasteiger partial charge in [0.25, 0.3) is 5.56 Å². The van der Waals surface area contributed by atoms with Gasteiger partial charge in [-0.15, -0.1) is 0 Å². The molecule has 0 aliphatic rings. The lowest BCUT2D eigenvalue weighted by Crippen LogP contribution is -2.42. The van der Waals surface area contributed by atoms with Gasteiger partial charge in [-0.2, -0.15) is 0 Å². The van der Waals surface area contributed by atoms with Crippen molar-refractivity contribution in [3.63, 3.8) is 0 Å². The van der Waals surface area contributed by atoms with Crippen LogP contribution in [0.1, 0.15) is 17.5 Å². The molecule has 0 spiro atoms. The number of nitrogens with one attached hydrogen (secondary N) is 1. The van der Waals surface area contributed by atoms with Gasteiger partial charge in [-0.25, -0.2) is 4.79 Å². The number of rotatable bonds is 9. The van der Waals surface area contributed by atoms with Crippen molar-refractivity contribution in [1.82, 2.24) is 9.55 Å². The number of hydrogen-bond donors (Lipinski definition) is 2. The quantitative estimate of drug-likeness (QED) is 0.546. The molecule has 0 saturated carbocycles. The Morgan fingerprint density at radius 3 is 2.26 bits per heavy atom. The van der Waals surface area contributed by atoms with Crippen LogP contribution < -0.4 is 21.9 Å². The van der Waals surface area contributed by atoms with E-state index in [9.17, 15) is 14.4 Å². The molecule has 0 unspecified atom stereocenters. The van der Waals surface area contributed by atoms with Crippen molar-refractivity contribution in [2.45, 2.75) is 19.4 Å². The van der Waals surface area contributed by atoms with Crippen LogP contribution in [0.15, 0.2) is 70.3 Å². The summed E-state index contributed by atoms with van der Waals surface area (Å²) in [5, 5.41) is 0. The van der Waals surface area contributed by atoms with Gasteiger partial charge in [-0.3, -0.25) is 19.1 Å². The Balaban J connectivity index is 1.94. The van der Waals surface area contributed by atoms with Crippen LogP contribution in [0.3, 0.4) is 0 Å². The second-order valence-corrected chi connectivity index (χ2v) is 7.09. The number of aromatic amines is 1. The predicted molar refractivity (Wildman–Crippen MR) is 120 cm³/mol. The van der Waals surface area contributed by atoms with Gasteiger partial charge in [0, 0.05) is 20.1 Å². The molecule has 0 saturated heterocycles. The number of benzene rings is 2. The van der Waals surface area contributed by atoms with Gasteiger partial charge in [0.1, 0.15) is 5.82 Å². The molecular formula is C23H26N4O4. The molecule has 2 aromatic carbocycles. The maximum Gasteiger partial charge on any atom is 0.330 e. The van der Waals surface area contributed by atoms with Crippen LogP contribution >= 0.6 is 0 Å². The van der Waals surface area contributed by atoms with E-state index in [1.54, 1.807) is 0 Å². The van der Waals surface area contributed by atoms with Gasteiger partial charge in [0.15, 0.2) is 5.69 Å². The highest BCUT2D eigenvalue weighted by Crippen LogP contribution is 2.19. The average Bonchev–Trinajstić information content (AvgIpc) is 2.78. The number of methoxy groups -OCH3 is 1. The first-order chi connectivity index (χ1) is 15.0. The molecular weight excluding hydrogens is 396 g/mol. The van der Waals surface area contributed by atoms with Crippen molar-refractivity contribution in [3.05, 3.63) is 92.6 Å². The smallest absolute Gasteiger partial charge is 0.330 e. The number of amides is 1. The molecule has 0 bridgehead atoms. The van der Waals surface area contributed by atoms with E-state index in [-0.39, 0.29) is 43.5 Å². The number of H-pyrrole nitrogens is 1. The normalized spacial score (nSPS) is 10.7. The average molecular weight is 422 g/mol. The van der Waals surface area contributed by atoms with E-state index in [4.69, 9.17) is 10.5 Å². The van der Waals surface area contributed by atoms with Crippen LogP contribution in [-0.4, -0.2) is 35.7 Å². The minimum Gasteiger partial charge on any atom is -0.383 e. The minimum atomic E-state index is -0.698. The molecule has 162 valence electrons. The van der Waals surface area contributed by atoms with Crippen LogP contribution in [-0.2, 0) is 22.5 Å². The predicted octanol–water partition coefficient (Wildman–Crippen LogP) is 1.78. The minimum absolute atomic E-state index is 0.0364. The van der Waals surface area contributed by atoms with Gasteiger partial charge >= 0.3 is 5.69 Å².